The van der Waals surface area contributed by atoms with Gasteiger partial charge in [0.2, 0.25) is 10.0 Å². The number of rotatable bonds is 5. The van der Waals surface area contributed by atoms with Crippen LogP contribution in [-0.2, 0) is 16.4 Å². The molecule has 0 radical (unpaired) electrons. The van der Waals surface area contributed by atoms with Crippen LogP contribution in [0, 0.1) is 12.7 Å². The molecule has 0 aliphatic carbocycles. The van der Waals surface area contributed by atoms with Crippen molar-refractivity contribution in [1.29, 1.82) is 0 Å². The topological polar surface area (TPSA) is 46.2 Å². The van der Waals surface area contributed by atoms with E-state index in [1.54, 1.807) is 36.4 Å². The predicted molar refractivity (Wildman–Crippen MR) is 84.2 cm³/mol. The molecule has 2 rings (SSSR count). The standard InChI is InChI=1S/C15H15BrFNO2S/c1-11-6-7-15(13(16)10-11)21(19,20)18-9-8-12-4-2-3-5-14(12)17/h2-7,10,18H,8-9H2,1H3. The summed E-state index contributed by atoms with van der Waals surface area (Å²) >= 11 is 3.25. The molecule has 0 saturated carbocycles. The van der Waals surface area contributed by atoms with Gasteiger partial charge >= 0.3 is 0 Å². The van der Waals surface area contributed by atoms with E-state index in [0.29, 0.717) is 16.5 Å². The molecular weight excluding hydrogens is 357 g/mol. The molecule has 0 aliphatic rings. The van der Waals surface area contributed by atoms with Crippen LogP contribution >= 0.6 is 15.9 Å². The quantitative estimate of drug-likeness (QED) is 0.874. The smallest absolute Gasteiger partial charge is 0.211 e. The summed E-state index contributed by atoms with van der Waals surface area (Å²) in [6.07, 6.45) is 0.301. The molecule has 0 unspecified atom stereocenters. The lowest BCUT2D eigenvalue weighted by molar-refractivity contribution is 0.577. The number of sulfonamides is 1. The van der Waals surface area contributed by atoms with Gasteiger partial charge in [0.05, 0.1) is 4.90 Å². The van der Waals surface area contributed by atoms with E-state index in [1.807, 2.05) is 6.92 Å². The molecule has 112 valence electrons. The zero-order chi connectivity index (χ0) is 15.5. The van der Waals surface area contributed by atoms with Crippen LogP contribution in [0.3, 0.4) is 0 Å². The number of benzene rings is 2. The van der Waals surface area contributed by atoms with Crippen molar-refractivity contribution in [2.24, 2.45) is 0 Å². The highest BCUT2D eigenvalue weighted by atomic mass is 79.9. The summed E-state index contributed by atoms with van der Waals surface area (Å²) in [6, 6.07) is 11.4. The highest BCUT2D eigenvalue weighted by Crippen LogP contribution is 2.22. The van der Waals surface area contributed by atoms with Crippen molar-refractivity contribution < 1.29 is 12.8 Å². The molecule has 1 N–H and O–H groups in total. The normalized spacial score (nSPS) is 11.6. The van der Waals surface area contributed by atoms with Crippen molar-refractivity contribution in [3.63, 3.8) is 0 Å². The molecule has 0 heterocycles. The van der Waals surface area contributed by atoms with E-state index in [9.17, 15) is 12.8 Å². The van der Waals surface area contributed by atoms with Gasteiger partial charge in [-0.15, -0.1) is 0 Å². The van der Waals surface area contributed by atoms with Crippen LogP contribution in [0.1, 0.15) is 11.1 Å². The van der Waals surface area contributed by atoms with Crippen LogP contribution in [0.4, 0.5) is 4.39 Å². The second-order valence-corrected chi connectivity index (χ2v) is 7.26. The molecular formula is C15H15BrFNO2S. The van der Waals surface area contributed by atoms with Crippen LogP contribution in [0.25, 0.3) is 0 Å². The van der Waals surface area contributed by atoms with Gasteiger partial charge < -0.3 is 0 Å². The lowest BCUT2D eigenvalue weighted by atomic mass is 10.1. The summed E-state index contributed by atoms with van der Waals surface area (Å²) < 4.78 is 40.9. The fourth-order valence-corrected chi connectivity index (χ4v) is 4.14. The number of halogens is 2. The molecule has 0 saturated heterocycles. The Morgan fingerprint density at radius 2 is 1.90 bits per heavy atom. The first-order chi connectivity index (χ1) is 9.90. The van der Waals surface area contributed by atoms with E-state index in [2.05, 4.69) is 20.7 Å². The zero-order valence-electron chi connectivity index (χ0n) is 11.4. The van der Waals surface area contributed by atoms with Crippen LogP contribution in [-0.4, -0.2) is 15.0 Å². The lowest BCUT2D eigenvalue weighted by Crippen LogP contribution is -2.26. The van der Waals surface area contributed by atoms with E-state index in [4.69, 9.17) is 0 Å². The van der Waals surface area contributed by atoms with Crippen LogP contribution in [0.2, 0.25) is 0 Å². The Morgan fingerprint density at radius 3 is 2.57 bits per heavy atom. The highest BCUT2D eigenvalue weighted by molar-refractivity contribution is 9.10. The number of nitrogens with one attached hydrogen (secondary N) is 1. The molecule has 6 heteroatoms. The van der Waals surface area contributed by atoms with Gasteiger partial charge in [-0.25, -0.2) is 17.5 Å². The molecule has 0 aliphatic heterocycles. The first kappa shape index (κ1) is 16.1. The third kappa shape index (κ3) is 4.12. The van der Waals surface area contributed by atoms with Crippen molar-refractivity contribution >= 4 is 26.0 Å². The van der Waals surface area contributed by atoms with E-state index in [1.165, 1.54) is 6.07 Å². The summed E-state index contributed by atoms with van der Waals surface area (Å²) in [5.41, 5.74) is 1.45. The molecule has 0 fully saturated rings. The monoisotopic (exact) mass is 371 g/mol. The van der Waals surface area contributed by atoms with Gasteiger partial charge in [-0.1, -0.05) is 24.3 Å². The third-order valence-corrected chi connectivity index (χ3v) is 5.46. The van der Waals surface area contributed by atoms with E-state index in [0.717, 1.165) is 5.56 Å². The molecule has 0 aromatic heterocycles. The summed E-state index contributed by atoms with van der Waals surface area (Å²) in [5, 5.41) is 0. The third-order valence-electron chi connectivity index (χ3n) is 3.02. The Kier molecular flexibility index (Phi) is 5.13. The SMILES string of the molecule is Cc1ccc(S(=O)(=O)NCCc2ccccc2F)c(Br)c1. The minimum absolute atomic E-state index is 0.142. The van der Waals surface area contributed by atoms with Crippen LogP contribution < -0.4 is 4.72 Å². The van der Waals surface area contributed by atoms with Crippen molar-refractivity contribution in [3.8, 4) is 0 Å². The summed E-state index contributed by atoms with van der Waals surface area (Å²) in [4.78, 5) is 0.182. The maximum Gasteiger partial charge on any atom is 0.241 e. The van der Waals surface area contributed by atoms with Gasteiger partial charge in [-0.3, -0.25) is 0 Å². The van der Waals surface area contributed by atoms with E-state index in [-0.39, 0.29) is 17.3 Å². The van der Waals surface area contributed by atoms with E-state index < -0.39 is 10.0 Å². The molecule has 0 atom stereocenters. The molecule has 2 aromatic rings. The summed E-state index contributed by atoms with van der Waals surface area (Å²) in [7, 11) is -3.61. The Morgan fingerprint density at radius 1 is 1.19 bits per heavy atom. The van der Waals surface area contributed by atoms with Crippen LogP contribution in [0.15, 0.2) is 51.8 Å². The largest absolute Gasteiger partial charge is 0.241 e. The lowest BCUT2D eigenvalue weighted by Gasteiger charge is -2.09. The maximum atomic E-state index is 13.5. The second-order valence-electron chi connectivity index (χ2n) is 4.67. The van der Waals surface area contributed by atoms with Crippen molar-refractivity contribution in [3.05, 3.63) is 63.9 Å². The molecule has 0 bridgehead atoms. The predicted octanol–water partition coefficient (Wildman–Crippen LogP) is 3.42. The fraction of sp³-hybridized carbons (Fsp3) is 0.200. The average molecular weight is 372 g/mol. The Balaban J connectivity index is 2.07. The van der Waals surface area contributed by atoms with Crippen LogP contribution in [0.5, 0.6) is 0 Å². The summed E-state index contributed by atoms with van der Waals surface area (Å²) in [5.74, 6) is -0.326. The molecule has 3 nitrogen and oxygen atoms in total. The van der Waals surface area contributed by atoms with Gasteiger partial charge in [0, 0.05) is 11.0 Å². The maximum absolute atomic E-state index is 13.5. The van der Waals surface area contributed by atoms with Gasteiger partial charge in [0.1, 0.15) is 5.82 Å². The highest BCUT2D eigenvalue weighted by Gasteiger charge is 2.17. The number of hydrogen-bond acceptors (Lipinski definition) is 2. The zero-order valence-corrected chi connectivity index (χ0v) is 13.8. The summed E-state index contributed by atoms with van der Waals surface area (Å²) in [6.45, 7) is 2.02. The van der Waals surface area contributed by atoms with Crippen molar-refractivity contribution in [2.75, 3.05) is 6.54 Å². The molecule has 2 aromatic carbocycles. The minimum atomic E-state index is -3.61. The second kappa shape index (κ2) is 6.68. The minimum Gasteiger partial charge on any atom is -0.211 e. The molecule has 0 spiro atoms. The first-order valence-electron chi connectivity index (χ1n) is 6.39. The van der Waals surface area contributed by atoms with Gasteiger partial charge in [-0.2, -0.15) is 0 Å². The Labute approximate surface area is 132 Å². The van der Waals surface area contributed by atoms with Gasteiger partial charge in [-0.05, 0) is 58.6 Å². The fourth-order valence-electron chi connectivity index (χ4n) is 1.92. The van der Waals surface area contributed by atoms with Gasteiger partial charge in [0.25, 0.3) is 0 Å². The average Bonchev–Trinajstić information content (AvgIpc) is 2.40. The van der Waals surface area contributed by atoms with Gasteiger partial charge in [0.15, 0.2) is 0 Å². The number of aryl methyl sites for hydroxylation is 1. The molecule has 21 heavy (non-hydrogen) atoms. The Bertz CT molecular complexity index is 747. The van der Waals surface area contributed by atoms with E-state index >= 15 is 0 Å². The Hall–Kier alpha value is -1.24. The van der Waals surface area contributed by atoms with Crippen molar-refractivity contribution in [2.45, 2.75) is 18.2 Å². The van der Waals surface area contributed by atoms with Crippen molar-refractivity contribution in [1.82, 2.24) is 4.72 Å². The number of hydrogen-bond donors (Lipinski definition) is 1. The first-order valence-corrected chi connectivity index (χ1v) is 8.67. The molecule has 0 amide bonds.